The lowest BCUT2D eigenvalue weighted by molar-refractivity contribution is -0.145. The molecule has 0 N–H and O–H groups in total. The van der Waals surface area contributed by atoms with E-state index in [1.807, 2.05) is 0 Å². The smallest absolute Gasteiger partial charge is 0.230 e. The van der Waals surface area contributed by atoms with Crippen LogP contribution in [0.4, 0.5) is 0 Å². The van der Waals surface area contributed by atoms with E-state index in [1.165, 1.54) is 19.3 Å². The van der Waals surface area contributed by atoms with Crippen LogP contribution in [0, 0.1) is 22.7 Å². The lowest BCUT2D eigenvalue weighted by Crippen LogP contribution is -2.51. The molecular formula is C24H39N3O3. The number of hydrogen-bond acceptors (Lipinski definition) is 4. The number of carbonyl (C=O) groups excluding carboxylic acids is 2. The lowest BCUT2D eigenvalue weighted by Gasteiger charge is -2.45. The zero-order chi connectivity index (χ0) is 20.8. The number of fused-ring (bicyclic) bond motifs is 2. The molecule has 0 aromatic heterocycles. The van der Waals surface area contributed by atoms with Crippen molar-refractivity contribution in [1.29, 1.82) is 0 Å². The van der Waals surface area contributed by atoms with Crippen LogP contribution in [0.1, 0.15) is 58.3 Å². The molecule has 168 valence electrons. The van der Waals surface area contributed by atoms with Crippen LogP contribution in [0.15, 0.2) is 0 Å². The fourth-order valence-corrected chi connectivity index (χ4v) is 7.46. The predicted molar refractivity (Wildman–Crippen MR) is 115 cm³/mol. The van der Waals surface area contributed by atoms with Crippen molar-refractivity contribution in [2.45, 2.75) is 58.3 Å². The molecule has 0 radical (unpaired) electrons. The van der Waals surface area contributed by atoms with Crippen molar-refractivity contribution in [3.8, 4) is 0 Å². The summed E-state index contributed by atoms with van der Waals surface area (Å²) in [5.74, 6) is 1.44. The highest BCUT2D eigenvalue weighted by Crippen LogP contribution is 2.62. The molecule has 0 aromatic carbocycles. The van der Waals surface area contributed by atoms with Gasteiger partial charge in [0.2, 0.25) is 11.8 Å². The van der Waals surface area contributed by atoms with E-state index in [-0.39, 0.29) is 16.7 Å². The Kier molecular flexibility index (Phi) is 5.59. The molecule has 4 heterocycles. The van der Waals surface area contributed by atoms with Gasteiger partial charge in [0.05, 0.1) is 5.41 Å². The van der Waals surface area contributed by atoms with Gasteiger partial charge in [-0.15, -0.1) is 0 Å². The Labute approximate surface area is 181 Å². The Bertz CT molecular complexity index is 663. The molecule has 4 saturated heterocycles. The van der Waals surface area contributed by atoms with Crippen molar-refractivity contribution in [2.75, 3.05) is 59.0 Å². The van der Waals surface area contributed by atoms with Gasteiger partial charge >= 0.3 is 0 Å². The molecule has 5 rings (SSSR count). The number of hydrogen-bond donors (Lipinski definition) is 0. The van der Waals surface area contributed by atoms with Gasteiger partial charge in [0.15, 0.2) is 0 Å². The maximum Gasteiger partial charge on any atom is 0.230 e. The number of carbonyl (C=O) groups is 2. The highest BCUT2D eigenvalue weighted by Gasteiger charge is 2.64. The van der Waals surface area contributed by atoms with Crippen LogP contribution in [-0.2, 0) is 14.3 Å². The predicted octanol–water partition coefficient (Wildman–Crippen LogP) is 2.38. The van der Waals surface area contributed by atoms with Gasteiger partial charge in [0.1, 0.15) is 0 Å². The Morgan fingerprint density at radius 2 is 1.63 bits per heavy atom. The van der Waals surface area contributed by atoms with E-state index >= 15 is 0 Å². The monoisotopic (exact) mass is 417 g/mol. The van der Waals surface area contributed by atoms with E-state index in [2.05, 4.69) is 21.6 Å². The third kappa shape index (κ3) is 3.29. The summed E-state index contributed by atoms with van der Waals surface area (Å²) in [5.41, 5.74) is 0.0962. The SMILES string of the molecule is CCN1C[C@@H]2C3(CCN(C(=O)C4CCOCC4)CC3)CC[C@]2(C(=O)N2CCCC2)C1. The topological polar surface area (TPSA) is 53.1 Å². The van der Waals surface area contributed by atoms with Crippen molar-refractivity contribution in [2.24, 2.45) is 22.7 Å². The highest BCUT2D eigenvalue weighted by atomic mass is 16.5. The molecular weight excluding hydrogens is 378 g/mol. The number of nitrogens with zero attached hydrogens (tertiary/aromatic N) is 3. The molecule has 2 amide bonds. The summed E-state index contributed by atoms with van der Waals surface area (Å²) in [4.78, 5) is 33.6. The zero-order valence-corrected chi connectivity index (χ0v) is 18.7. The zero-order valence-electron chi connectivity index (χ0n) is 18.7. The van der Waals surface area contributed by atoms with E-state index in [9.17, 15) is 9.59 Å². The van der Waals surface area contributed by atoms with Crippen LogP contribution in [0.5, 0.6) is 0 Å². The Morgan fingerprint density at radius 3 is 2.30 bits per heavy atom. The summed E-state index contributed by atoms with van der Waals surface area (Å²) in [6.07, 6.45) is 8.48. The molecule has 1 saturated carbocycles. The Balaban J connectivity index is 1.30. The number of rotatable bonds is 3. The van der Waals surface area contributed by atoms with Crippen molar-refractivity contribution in [3.05, 3.63) is 0 Å². The van der Waals surface area contributed by atoms with Crippen molar-refractivity contribution >= 4 is 11.8 Å². The molecule has 0 aromatic rings. The Morgan fingerprint density at radius 1 is 0.933 bits per heavy atom. The van der Waals surface area contributed by atoms with E-state index in [0.717, 1.165) is 91.1 Å². The third-order valence-corrected chi connectivity index (χ3v) is 9.33. The third-order valence-electron chi connectivity index (χ3n) is 9.33. The molecule has 5 aliphatic rings. The van der Waals surface area contributed by atoms with Crippen LogP contribution in [0.2, 0.25) is 0 Å². The summed E-state index contributed by atoms with van der Waals surface area (Å²) in [7, 11) is 0. The number of piperidine rings is 1. The van der Waals surface area contributed by atoms with Gasteiger partial charge in [-0.2, -0.15) is 0 Å². The summed E-state index contributed by atoms with van der Waals surface area (Å²) in [6.45, 7) is 10.4. The van der Waals surface area contributed by atoms with E-state index < -0.39 is 0 Å². The van der Waals surface area contributed by atoms with Gasteiger partial charge in [-0.3, -0.25) is 9.59 Å². The molecule has 0 unspecified atom stereocenters. The quantitative estimate of drug-likeness (QED) is 0.708. The molecule has 30 heavy (non-hydrogen) atoms. The van der Waals surface area contributed by atoms with Gasteiger partial charge in [0, 0.05) is 58.4 Å². The van der Waals surface area contributed by atoms with E-state index in [0.29, 0.717) is 17.7 Å². The highest BCUT2D eigenvalue weighted by molar-refractivity contribution is 5.85. The first-order valence-corrected chi connectivity index (χ1v) is 12.5. The second-order valence-electron chi connectivity index (χ2n) is 10.6. The molecule has 5 fully saturated rings. The average Bonchev–Trinajstić information content (AvgIpc) is 3.52. The molecule has 6 heteroatoms. The first-order chi connectivity index (χ1) is 14.6. The maximum absolute atomic E-state index is 13.7. The average molecular weight is 418 g/mol. The number of amides is 2. The summed E-state index contributed by atoms with van der Waals surface area (Å²) < 4.78 is 5.45. The second kappa shape index (κ2) is 8.09. The molecule has 1 spiro atoms. The molecule has 6 nitrogen and oxygen atoms in total. The Hall–Kier alpha value is -1.14. The van der Waals surface area contributed by atoms with Crippen molar-refractivity contribution < 1.29 is 14.3 Å². The minimum absolute atomic E-state index is 0.159. The van der Waals surface area contributed by atoms with Gasteiger partial charge in [-0.1, -0.05) is 6.92 Å². The molecule has 1 aliphatic carbocycles. The van der Waals surface area contributed by atoms with Gasteiger partial charge in [-0.25, -0.2) is 0 Å². The normalized spacial score (nSPS) is 34.6. The summed E-state index contributed by atoms with van der Waals surface area (Å²) >= 11 is 0. The van der Waals surface area contributed by atoms with Crippen molar-refractivity contribution in [1.82, 2.24) is 14.7 Å². The van der Waals surface area contributed by atoms with Crippen molar-refractivity contribution in [3.63, 3.8) is 0 Å². The van der Waals surface area contributed by atoms with Gasteiger partial charge in [0.25, 0.3) is 0 Å². The fraction of sp³-hybridized carbons (Fsp3) is 0.917. The molecule has 4 aliphatic heterocycles. The van der Waals surface area contributed by atoms with E-state index in [1.54, 1.807) is 0 Å². The van der Waals surface area contributed by atoms with E-state index in [4.69, 9.17) is 4.74 Å². The fourth-order valence-electron chi connectivity index (χ4n) is 7.46. The minimum Gasteiger partial charge on any atom is -0.381 e. The first kappa shape index (κ1) is 20.7. The van der Waals surface area contributed by atoms with Gasteiger partial charge < -0.3 is 19.4 Å². The number of ether oxygens (including phenoxy) is 1. The van der Waals surface area contributed by atoms with Crippen LogP contribution < -0.4 is 0 Å². The van der Waals surface area contributed by atoms with Gasteiger partial charge in [-0.05, 0) is 69.2 Å². The minimum atomic E-state index is -0.159. The second-order valence-corrected chi connectivity index (χ2v) is 10.6. The number of likely N-dealkylation sites (tertiary alicyclic amines) is 3. The largest absolute Gasteiger partial charge is 0.381 e. The summed E-state index contributed by atoms with van der Waals surface area (Å²) in [6, 6.07) is 0. The van der Waals surface area contributed by atoms with Crippen LogP contribution in [-0.4, -0.2) is 85.5 Å². The molecule has 0 bridgehead atoms. The maximum atomic E-state index is 13.7. The summed E-state index contributed by atoms with van der Waals surface area (Å²) in [5, 5.41) is 0. The van der Waals surface area contributed by atoms with Crippen LogP contribution in [0.25, 0.3) is 0 Å². The standard InChI is InChI=1S/C24H39N3O3/c1-2-25-17-20-23(7-8-24(20,18-25)22(29)27-11-3-4-12-27)9-13-26(14-10-23)21(28)19-5-15-30-16-6-19/h19-20H,2-18H2,1H3/t20-,24+/m1/s1. The first-order valence-electron chi connectivity index (χ1n) is 12.5. The molecule has 2 atom stereocenters. The van der Waals surface area contributed by atoms with Crippen LogP contribution in [0.3, 0.4) is 0 Å². The lowest BCUT2D eigenvalue weighted by atomic mass is 9.65. The van der Waals surface area contributed by atoms with Crippen LogP contribution >= 0.6 is 0 Å².